The Morgan fingerprint density at radius 2 is 1.17 bits per heavy atom. The fourth-order valence-corrected chi connectivity index (χ4v) is 4.06. The van der Waals surface area contributed by atoms with E-state index in [2.05, 4.69) is 36.4 Å². The highest BCUT2D eigenvalue weighted by Gasteiger charge is 2.39. The minimum Gasteiger partial charge on any atom is -0.393 e. The van der Waals surface area contributed by atoms with Crippen LogP contribution in [0.15, 0.2) is 91.0 Å². The van der Waals surface area contributed by atoms with Gasteiger partial charge in [-0.05, 0) is 16.7 Å². The van der Waals surface area contributed by atoms with Crippen LogP contribution in [0, 0.1) is 0 Å². The molecule has 0 unspecified atom stereocenters. The highest BCUT2D eigenvalue weighted by atomic mass is 16.6. The van der Waals surface area contributed by atoms with Gasteiger partial charge in [0.2, 0.25) is 0 Å². The third-order valence-corrected chi connectivity index (χ3v) is 5.38. The molecule has 0 saturated carbocycles. The van der Waals surface area contributed by atoms with Crippen molar-refractivity contribution in [2.45, 2.75) is 36.9 Å². The fraction of sp³-hybridized carbons (Fsp3) is 0.280. The zero-order valence-corrected chi connectivity index (χ0v) is 16.2. The molecule has 0 bridgehead atoms. The molecule has 1 heterocycles. The summed E-state index contributed by atoms with van der Waals surface area (Å²) in [5.41, 5.74) is 2.19. The van der Waals surface area contributed by atoms with Crippen molar-refractivity contribution in [2.75, 3.05) is 6.61 Å². The summed E-state index contributed by atoms with van der Waals surface area (Å²) in [6, 6.07) is 30.4. The maximum absolute atomic E-state index is 10.0. The zero-order valence-electron chi connectivity index (χ0n) is 16.2. The molecule has 0 aliphatic carbocycles. The van der Waals surface area contributed by atoms with Crippen molar-refractivity contribution in [2.24, 2.45) is 0 Å². The van der Waals surface area contributed by atoms with Gasteiger partial charge in [0.1, 0.15) is 5.60 Å². The van der Waals surface area contributed by atoms with Gasteiger partial charge in [0.25, 0.3) is 0 Å². The molecule has 0 amide bonds. The van der Waals surface area contributed by atoms with Gasteiger partial charge in [0.05, 0.1) is 18.8 Å². The van der Waals surface area contributed by atoms with Crippen LogP contribution in [0.3, 0.4) is 0 Å². The summed E-state index contributed by atoms with van der Waals surface area (Å²) in [7, 11) is 0. The van der Waals surface area contributed by atoms with Crippen molar-refractivity contribution in [3.8, 4) is 0 Å². The van der Waals surface area contributed by atoms with E-state index in [1.54, 1.807) is 0 Å². The van der Waals surface area contributed by atoms with Crippen molar-refractivity contribution in [1.29, 1.82) is 0 Å². The third kappa shape index (κ3) is 4.26. The van der Waals surface area contributed by atoms with Gasteiger partial charge in [0.15, 0.2) is 6.29 Å². The molecule has 2 N–H and O–H groups in total. The molecule has 0 spiro atoms. The molecule has 4 nitrogen and oxygen atoms in total. The number of aliphatic hydroxyl groups excluding tert-OH is 2. The van der Waals surface area contributed by atoms with E-state index in [1.807, 2.05) is 54.6 Å². The molecular formula is C25H26O4. The van der Waals surface area contributed by atoms with Crippen LogP contribution < -0.4 is 0 Å². The van der Waals surface area contributed by atoms with E-state index in [9.17, 15) is 10.2 Å². The van der Waals surface area contributed by atoms with E-state index in [4.69, 9.17) is 9.47 Å². The Labute approximate surface area is 171 Å². The molecule has 1 fully saturated rings. The normalized spacial score (nSPS) is 22.3. The maximum atomic E-state index is 10.0. The quantitative estimate of drug-likeness (QED) is 0.628. The number of ether oxygens (including phenoxy) is 2. The van der Waals surface area contributed by atoms with E-state index in [-0.39, 0.29) is 19.1 Å². The van der Waals surface area contributed by atoms with Gasteiger partial charge in [-0.15, -0.1) is 0 Å². The molecule has 150 valence electrons. The maximum Gasteiger partial charge on any atom is 0.157 e. The van der Waals surface area contributed by atoms with Crippen LogP contribution in [0.1, 0.15) is 29.5 Å². The predicted octanol–water partition coefficient (Wildman–Crippen LogP) is 3.85. The number of benzene rings is 3. The summed E-state index contributed by atoms with van der Waals surface area (Å²) in [5.74, 6) is 0. The molecule has 29 heavy (non-hydrogen) atoms. The lowest BCUT2D eigenvalue weighted by Gasteiger charge is -2.38. The largest absolute Gasteiger partial charge is 0.393 e. The van der Waals surface area contributed by atoms with Crippen LogP contribution in [-0.2, 0) is 15.1 Å². The fourth-order valence-electron chi connectivity index (χ4n) is 4.06. The lowest BCUT2D eigenvalue weighted by molar-refractivity contribution is -0.208. The van der Waals surface area contributed by atoms with Crippen LogP contribution in [0.2, 0.25) is 0 Å². The molecule has 0 aromatic heterocycles. The smallest absolute Gasteiger partial charge is 0.157 e. The lowest BCUT2D eigenvalue weighted by atomic mass is 9.80. The first-order chi connectivity index (χ1) is 14.2. The van der Waals surface area contributed by atoms with Crippen LogP contribution >= 0.6 is 0 Å². The van der Waals surface area contributed by atoms with Crippen LogP contribution in [-0.4, -0.2) is 35.3 Å². The topological polar surface area (TPSA) is 58.9 Å². The lowest BCUT2D eigenvalue weighted by Crippen LogP contribution is -2.41. The van der Waals surface area contributed by atoms with E-state index >= 15 is 0 Å². The highest BCUT2D eigenvalue weighted by Crippen LogP contribution is 2.40. The summed E-state index contributed by atoms with van der Waals surface area (Å²) < 4.78 is 12.3. The first-order valence-electron chi connectivity index (χ1n) is 10.0. The van der Waals surface area contributed by atoms with Gasteiger partial charge < -0.3 is 19.7 Å². The third-order valence-electron chi connectivity index (χ3n) is 5.38. The van der Waals surface area contributed by atoms with Crippen molar-refractivity contribution in [3.05, 3.63) is 108 Å². The Hall–Kier alpha value is -2.50. The minimum absolute atomic E-state index is 0.234. The summed E-state index contributed by atoms with van der Waals surface area (Å²) in [6.45, 7) is 0.243. The summed E-state index contributed by atoms with van der Waals surface area (Å²) in [4.78, 5) is 0. The van der Waals surface area contributed by atoms with Gasteiger partial charge in [-0.2, -0.15) is 0 Å². The van der Waals surface area contributed by atoms with Gasteiger partial charge >= 0.3 is 0 Å². The second kappa shape index (κ2) is 8.89. The second-order valence-electron chi connectivity index (χ2n) is 7.43. The van der Waals surface area contributed by atoms with Crippen LogP contribution in [0.25, 0.3) is 0 Å². The highest BCUT2D eigenvalue weighted by molar-refractivity contribution is 5.47. The van der Waals surface area contributed by atoms with Crippen LogP contribution in [0.4, 0.5) is 0 Å². The molecular weight excluding hydrogens is 364 g/mol. The van der Waals surface area contributed by atoms with Gasteiger partial charge in [-0.25, -0.2) is 0 Å². The molecule has 1 aliphatic heterocycles. The summed E-state index contributed by atoms with van der Waals surface area (Å²) in [5, 5.41) is 19.9. The van der Waals surface area contributed by atoms with E-state index in [0.717, 1.165) is 16.7 Å². The first kappa shape index (κ1) is 19.8. The van der Waals surface area contributed by atoms with Crippen molar-refractivity contribution in [1.82, 2.24) is 0 Å². The van der Waals surface area contributed by atoms with Crippen molar-refractivity contribution >= 4 is 0 Å². The average Bonchev–Trinajstić information content (AvgIpc) is 2.76. The summed E-state index contributed by atoms with van der Waals surface area (Å²) in [6.07, 6.45) is -1.27. The molecule has 0 radical (unpaired) electrons. The Balaban J connectivity index is 1.77. The average molecular weight is 390 g/mol. The Kier molecular flexibility index (Phi) is 6.07. The molecule has 3 atom stereocenters. The number of aliphatic hydroxyl groups is 2. The van der Waals surface area contributed by atoms with E-state index in [0.29, 0.717) is 6.42 Å². The van der Waals surface area contributed by atoms with Gasteiger partial charge in [0, 0.05) is 12.8 Å². The Morgan fingerprint density at radius 1 is 0.724 bits per heavy atom. The van der Waals surface area contributed by atoms with Crippen LogP contribution in [0.5, 0.6) is 0 Å². The van der Waals surface area contributed by atoms with Gasteiger partial charge in [-0.1, -0.05) is 91.0 Å². The van der Waals surface area contributed by atoms with Gasteiger partial charge in [-0.3, -0.25) is 0 Å². The molecule has 3 aromatic rings. The van der Waals surface area contributed by atoms with Crippen molar-refractivity contribution in [3.63, 3.8) is 0 Å². The molecule has 4 rings (SSSR count). The Morgan fingerprint density at radius 3 is 1.59 bits per heavy atom. The minimum atomic E-state index is -0.966. The summed E-state index contributed by atoms with van der Waals surface area (Å²) >= 11 is 0. The number of hydrogen-bond donors (Lipinski definition) is 2. The first-order valence-corrected chi connectivity index (χ1v) is 10.0. The van der Waals surface area contributed by atoms with E-state index < -0.39 is 18.0 Å². The Bertz CT molecular complexity index is 776. The SMILES string of the molecule is O[C@@H]1C[C@@H](COC(c2ccccc2)(c2ccccc2)c2ccccc2)O[C@H](O)C1. The molecule has 1 aliphatic rings. The zero-order chi connectivity index (χ0) is 20.1. The number of hydrogen-bond acceptors (Lipinski definition) is 4. The van der Waals surface area contributed by atoms with E-state index in [1.165, 1.54) is 0 Å². The number of rotatable bonds is 6. The molecule has 1 saturated heterocycles. The molecule has 4 heteroatoms. The monoisotopic (exact) mass is 390 g/mol. The molecule has 3 aromatic carbocycles. The standard InChI is InChI=1S/C25H26O4/c26-22-16-23(29-24(27)17-22)18-28-25(19-10-4-1-5-11-19,20-12-6-2-7-13-20)21-14-8-3-9-15-21/h1-15,22-24,26-27H,16-18H2/t22-,23+,24+/m1/s1. The van der Waals surface area contributed by atoms with Crippen molar-refractivity contribution < 1.29 is 19.7 Å². The predicted molar refractivity (Wildman–Crippen MR) is 111 cm³/mol. The second-order valence-corrected chi connectivity index (χ2v) is 7.43.